The van der Waals surface area contributed by atoms with Gasteiger partial charge >= 0.3 is 0 Å². The molecule has 6 heteroatoms. The molecular formula is C16H17BrN2O2S. The SMILES string of the molecule is O=S(=O)(c1ccccc1)N1CCN(c2cccc(Br)c2)CC1. The summed E-state index contributed by atoms with van der Waals surface area (Å²) < 4.78 is 27.8. The van der Waals surface area contributed by atoms with Crippen LogP contribution in [-0.4, -0.2) is 38.9 Å². The molecule has 0 bridgehead atoms. The van der Waals surface area contributed by atoms with Gasteiger partial charge in [-0.1, -0.05) is 40.2 Å². The van der Waals surface area contributed by atoms with E-state index in [1.54, 1.807) is 28.6 Å². The van der Waals surface area contributed by atoms with E-state index < -0.39 is 10.0 Å². The zero-order valence-electron chi connectivity index (χ0n) is 12.0. The standard InChI is InChI=1S/C16H17BrN2O2S/c17-14-5-4-6-15(13-14)18-9-11-19(12-10-18)22(20,21)16-7-2-1-3-8-16/h1-8,13H,9-12H2. The van der Waals surface area contributed by atoms with Gasteiger partial charge in [-0.05, 0) is 30.3 Å². The molecular weight excluding hydrogens is 364 g/mol. The summed E-state index contributed by atoms with van der Waals surface area (Å²) in [7, 11) is -3.38. The molecule has 1 aliphatic rings. The Morgan fingerprint density at radius 1 is 0.864 bits per heavy atom. The minimum Gasteiger partial charge on any atom is -0.369 e. The van der Waals surface area contributed by atoms with Gasteiger partial charge in [0.15, 0.2) is 0 Å². The maximum absolute atomic E-state index is 12.6. The number of piperazine rings is 1. The quantitative estimate of drug-likeness (QED) is 0.821. The monoisotopic (exact) mass is 380 g/mol. The lowest BCUT2D eigenvalue weighted by atomic mass is 10.2. The molecule has 1 aliphatic heterocycles. The van der Waals surface area contributed by atoms with Crippen molar-refractivity contribution in [1.29, 1.82) is 0 Å². The molecule has 3 rings (SSSR count). The third kappa shape index (κ3) is 3.19. The number of nitrogens with zero attached hydrogens (tertiary/aromatic N) is 2. The highest BCUT2D eigenvalue weighted by Gasteiger charge is 2.28. The maximum Gasteiger partial charge on any atom is 0.243 e. The number of benzene rings is 2. The van der Waals surface area contributed by atoms with Crippen molar-refractivity contribution in [1.82, 2.24) is 4.31 Å². The van der Waals surface area contributed by atoms with E-state index in [1.807, 2.05) is 24.3 Å². The van der Waals surface area contributed by atoms with Crippen molar-refractivity contribution in [2.24, 2.45) is 0 Å². The van der Waals surface area contributed by atoms with E-state index in [9.17, 15) is 8.42 Å². The van der Waals surface area contributed by atoms with Crippen LogP contribution in [0.3, 0.4) is 0 Å². The van der Waals surface area contributed by atoms with Gasteiger partial charge in [-0.3, -0.25) is 0 Å². The maximum atomic E-state index is 12.6. The Kier molecular flexibility index (Phi) is 4.52. The van der Waals surface area contributed by atoms with Gasteiger partial charge in [0.05, 0.1) is 4.90 Å². The zero-order chi connectivity index (χ0) is 15.6. The van der Waals surface area contributed by atoms with Crippen LogP contribution in [0.1, 0.15) is 0 Å². The summed E-state index contributed by atoms with van der Waals surface area (Å²) >= 11 is 3.47. The van der Waals surface area contributed by atoms with Crippen LogP contribution < -0.4 is 4.90 Å². The van der Waals surface area contributed by atoms with Crippen molar-refractivity contribution in [2.75, 3.05) is 31.1 Å². The largest absolute Gasteiger partial charge is 0.369 e. The summed E-state index contributed by atoms with van der Waals surface area (Å²) in [5.41, 5.74) is 1.12. The van der Waals surface area contributed by atoms with Crippen LogP contribution in [0.4, 0.5) is 5.69 Å². The van der Waals surface area contributed by atoms with Gasteiger partial charge in [0.2, 0.25) is 10.0 Å². The Morgan fingerprint density at radius 2 is 1.55 bits per heavy atom. The van der Waals surface area contributed by atoms with E-state index in [4.69, 9.17) is 0 Å². The second-order valence-corrected chi connectivity index (χ2v) is 8.04. The van der Waals surface area contributed by atoms with Crippen molar-refractivity contribution in [2.45, 2.75) is 4.90 Å². The molecule has 0 amide bonds. The number of halogens is 1. The van der Waals surface area contributed by atoms with Crippen LogP contribution in [0.25, 0.3) is 0 Å². The first-order chi connectivity index (χ1) is 10.6. The number of rotatable bonds is 3. The average molecular weight is 381 g/mol. The topological polar surface area (TPSA) is 40.6 Å². The molecule has 0 saturated carbocycles. The van der Waals surface area contributed by atoms with Crippen molar-refractivity contribution < 1.29 is 8.42 Å². The van der Waals surface area contributed by atoms with Crippen LogP contribution >= 0.6 is 15.9 Å². The number of hydrogen-bond donors (Lipinski definition) is 0. The summed E-state index contributed by atoms with van der Waals surface area (Å²) in [5, 5.41) is 0. The molecule has 0 atom stereocenters. The highest BCUT2D eigenvalue weighted by atomic mass is 79.9. The van der Waals surface area contributed by atoms with Crippen molar-refractivity contribution in [3.05, 3.63) is 59.1 Å². The smallest absolute Gasteiger partial charge is 0.243 e. The molecule has 4 nitrogen and oxygen atoms in total. The molecule has 116 valence electrons. The molecule has 0 spiro atoms. The van der Waals surface area contributed by atoms with E-state index in [1.165, 1.54) is 0 Å². The van der Waals surface area contributed by atoms with Crippen molar-refractivity contribution in [3.8, 4) is 0 Å². The minimum absolute atomic E-state index is 0.367. The number of sulfonamides is 1. The lowest BCUT2D eigenvalue weighted by Gasteiger charge is -2.35. The molecule has 2 aromatic rings. The summed E-state index contributed by atoms with van der Waals surface area (Å²) in [5.74, 6) is 0. The van der Waals surface area contributed by atoms with E-state index in [2.05, 4.69) is 26.9 Å². The number of hydrogen-bond acceptors (Lipinski definition) is 3. The second-order valence-electron chi connectivity index (χ2n) is 5.18. The lowest BCUT2D eigenvalue weighted by molar-refractivity contribution is 0.385. The van der Waals surface area contributed by atoms with Crippen LogP contribution in [0.5, 0.6) is 0 Å². The van der Waals surface area contributed by atoms with Gasteiger partial charge in [0, 0.05) is 36.3 Å². The average Bonchev–Trinajstić information content (AvgIpc) is 2.56. The van der Waals surface area contributed by atoms with Gasteiger partial charge < -0.3 is 4.90 Å². The Balaban J connectivity index is 1.72. The zero-order valence-corrected chi connectivity index (χ0v) is 14.4. The second kappa shape index (κ2) is 6.40. The molecule has 1 saturated heterocycles. The van der Waals surface area contributed by atoms with E-state index >= 15 is 0 Å². The highest BCUT2D eigenvalue weighted by molar-refractivity contribution is 9.10. The summed E-state index contributed by atoms with van der Waals surface area (Å²) in [6.45, 7) is 2.40. The third-order valence-corrected chi connectivity index (χ3v) is 6.20. The third-order valence-electron chi connectivity index (χ3n) is 3.79. The van der Waals surface area contributed by atoms with E-state index in [-0.39, 0.29) is 0 Å². The van der Waals surface area contributed by atoms with E-state index in [0.29, 0.717) is 31.1 Å². The molecule has 1 fully saturated rings. The Bertz CT molecular complexity index is 742. The van der Waals surface area contributed by atoms with Gasteiger partial charge in [0.1, 0.15) is 0 Å². The van der Waals surface area contributed by atoms with Crippen LogP contribution in [0, 0.1) is 0 Å². The summed E-state index contributed by atoms with van der Waals surface area (Å²) in [6.07, 6.45) is 0. The fraction of sp³-hybridized carbons (Fsp3) is 0.250. The molecule has 0 radical (unpaired) electrons. The van der Waals surface area contributed by atoms with Crippen LogP contribution in [0.15, 0.2) is 64.0 Å². The normalized spacial score (nSPS) is 16.7. The first-order valence-corrected chi connectivity index (χ1v) is 9.36. The first-order valence-electron chi connectivity index (χ1n) is 7.13. The number of anilines is 1. The van der Waals surface area contributed by atoms with Gasteiger partial charge in [-0.2, -0.15) is 4.31 Å². The molecule has 0 aliphatic carbocycles. The summed E-state index contributed by atoms with van der Waals surface area (Å²) in [6, 6.07) is 16.7. The molecule has 22 heavy (non-hydrogen) atoms. The Morgan fingerprint density at radius 3 is 2.18 bits per heavy atom. The van der Waals surface area contributed by atoms with Crippen LogP contribution in [0.2, 0.25) is 0 Å². The molecule has 2 aromatic carbocycles. The highest BCUT2D eigenvalue weighted by Crippen LogP contribution is 2.23. The summed E-state index contributed by atoms with van der Waals surface area (Å²) in [4.78, 5) is 2.58. The Hall–Kier alpha value is -1.37. The molecule has 0 unspecified atom stereocenters. The fourth-order valence-electron chi connectivity index (χ4n) is 2.60. The predicted octanol–water partition coefficient (Wildman–Crippen LogP) is 2.96. The first kappa shape index (κ1) is 15.5. The van der Waals surface area contributed by atoms with Crippen molar-refractivity contribution >= 4 is 31.6 Å². The lowest BCUT2D eigenvalue weighted by Crippen LogP contribution is -2.48. The van der Waals surface area contributed by atoms with Gasteiger partial charge in [0.25, 0.3) is 0 Å². The predicted molar refractivity (Wildman–Crippen MR) is 91.6 cm³/mol. The minimum atomic E-state index is -3.38. The van der Waals surface area contributed by atoms with Crippen LogP contribution in [-0.2, 0) is 10.0 Å². The molecule has 0 N–H and O–H groups in total. The van der Waals surface area contributed by atoms with Gasteiger partial charge in [-0.25, -0.2) is 8.42 Å². The van der Waals surface area contributed by atoms with Crippen molar-refractivity contribution in [3.63, 3.8) is 0 Å². The Labute approximate surface area is 139 Å². The molecule has 1 heterocycles. The van der Waals surface area contributed by atoms with E-state index in [0.717, 1.165) is 10.2 Å². The fourth-order valence-corrected chi connectivity index (χ4v) is 4.43. The van der Waals surface area contributed by atoms with Gasteiger partial charge in [-0.15, -0.1) is 0 Å². The molecule has 0 aromatic heterocycles.